The predicted octanol–water partition coefficient (Wildman–Crippen LogP) is 1.86. The molecule has 3 nitrogen and oxygen atoms in total. The molecule has 2 fully saturated rings. The molecule has 0 radical (unpaired) electrons. The van der Waals surface area contributed by atoms with Gasteiger partial charge in [0.2, 0.25) is 0 Å². The summed E-state index contributed by atoms with van der Waals surface area (Å²) >= 11 is 0. The Morgan fingerprint density at radius 1 is 1.29 bits per heavy atom. The molecule has 2 aliphatic rings. The molecule has 0 heterocycles. The van der Waals surface area contributed by atoms with Gasteiger partial charge in [-0.3, -0.25) is 4.90 Å². The fraction of sp³-hybridized carbons (Fsp3) is 1.00. The third-order valence-corrected chi connectivity index (χ3v) is 4.38. The summed E-state index contributed by atoms with van der Waals surface area (Å²) < 4.78 is 5.51. The van der Waals surface area contributed by atoms with Gasteiger partial charge in [-0.1, -0.05) is 6.92 Å². The average Bonchev–Trinajstić information content (AvgIpc) is 3.16. The number of hydrogen-bond donors (Lipinski definition) is 1. The second-order valence-corrected chi connectivity index (χ2v) is 5.90. The van der Waals surface area contributed by atoms with E-state index in [0.29, 0.717) is 0 Å². The van der Waals surface area contributed by atoms with Gasteiger partial charge in [0.15, 0.2) is 0 Å². The molecule has 0 aromatic carbocycles. The largest absolute Gasteiger partial charge is 0.383 e. The van der Waals surface area contributed by atoms with Crippen molar-refractivity contribution in [3.63, 3.8) is 0 Å². The van der Waals surface area contributed by atoms with Gasteiger partial charge in [-0.15, -0.1) is 0 Å². The lowest BCUT2D eigenvalue weighted by atomic mass is 9.91. The first-order valence-corrected chi connectivity index (χ1v) is 7.21. The second-order valence-electron chi connectivity index (χ2n) is 5.90. The number of nitrogens with zero attached hydrogens (tertiary/aromatic N) is 1. The molecule has 100 valence electrons. The highest BCUT2D eigenvalue weighted by atomic mass is 16.5. The van der Waals surface area contributed by atoms with Crippen molar-refractivity contribution >= 4 is 0 Å². The van der Waals surface area contributed by atoms with Crippen LogP contribution in [-0.2, 0) is 4.74 Å². The maximum atomic E-state index is 6.14. The standard InChI is InChI=1S/C14H28N2O/c1-3-8-16(9-12-4-5-12)14(10-15,11-17-2)13-6-7-13/h12-13H,3-11,15H2,1-2H3. The molecule has 0 aromatic rings. The van der Waals surface area contributed by atoms with Crippen molar-refractivity contribution in [3.05, 3.63) is 0 Å². The lowest BCUT2D eigenvalue weighted by Crippen LogP contribution is -2.59. The lowest BCUT2D eigenvalue weighted by molar-refractivity contribution is -0.00376. The van der Waals surface area contributed by atoms with Crippen LogP contribution in [0.2, 0.25) is 0 Å². The van der Waals surface area contributed by atoms with Gasteiger partial charge >= 0.3 is 0 Å². The van der Waals surface area contributed by atoms with Crippen LogP contribution in [-0.4, -0.2) is 43.8 Å². The van der Waals surface area contributed by atoms with Gasteiger partial charge in [-0.25, -0.2) is 0 Å². The molecule has 0 aliphatic heterocycles. The highest BCUT2D eigenvalue weighted by Gasteiger charge is 2.49. The Labute approximate surface area is 106 Å². The molecule has 0 spiro atoms. The van der Waals surface area contributed by atoms with E-state index in [9.17, 15) is 0 Å². The van der Waals surface area contributed by atoms with Gasteiger partial charge in [0.1, 0.15) is 0 Å². The fourth-order valence-electron chi connectivity index (χ4n) is 3.07. The summed E-state index contributed by atoms with van der Waals surface area (Å²) in [6.45, 7) is 6.23. The molecule has 0 saturated heterocycles. The third kappa shape index (κ3) is 3.01. The molecule has 1 atom stereocenters. The molecular formula is C14H28N2O. The smallest absolute Gasteiger partial charge is 0.0661 e. The number of methoxy groups -OCH3 is 1. The van der Waals surface area contributed by atoms with E-state index in [-0.39, 0.29) is 5.54 Å². The van der Waals surface area contributed by atoms with Crippen molar-refractivity contribution in [1.82, 2.24) is 4.90 Å². The van der Waals surface area contributed by atoms with Gasteiger partial charge in [0, 0.05) is 20.2 Å². The van der Waals surface area contributed by atoms with Crippen LogP contribution >= 0.6 is 0 Å². The quantitative estimate of drug-likeness (QED) is 0.668. The van der Waals surface area contributed by atoms with E-state index in [2.05, 4.69) is 11.8 Å². The molecule has 0 bridgehead atoms. The van der Waals surface area contributed by atoms with Crippen LogP contribution in [0.3, 0.4) is 0 Å². The Hall–Kier alpha value is -0.120. The Morgan fingerprint density at radius 3 is 2.41 bits per heavy atom. The summed E-state index contributed by atoms with van der Waals surface area (Å²) in [6.07, 6.45) is 6.72. The number of ether oxygens (including phenoxy) is 1. The van der Waals surface area contributed by atoms with E-state index in [1.807, 2.05) is 7.11 Å². The lowest BCUT2D eigenvalue weighted by Gasteiger charge is -2.43. The fourth-order valence-corrected chi connectivity index (χ4v) is 3.07. The molecule has 0 amide bonds. The van der Waals surface area contributed by atoms with Gasteiger partial charge in [0.05, 0.1) is 12.1 Å². The van der Waals surface area contributed by atoms with Gasteiger partial charge in [-0.2, -0.15) is 0 Å². The summed E-state index contributed by atoms with van der Waals surface area (Å²) in [7, 11) is 1.81. The van der Waals surface area contributed by atoms with E-state index in [4.69, 9.17) is 10.5 Å². The van der Waals surface area contributed by atoms with Gasteiger partial charge < -0.3 is 10.5 Å². The highest BCUT2D eigenvalue weighted by Crippen LogP contribution is 2.44. The molecule has 2 aliphatic carbocycles. The topological polar surface area (TPSA) is 38.5 Å². The maximum Gasteiger partial charge on any atom is 0.0661 e. The Balaban J connectivity index is 2.07. The van der Waals surface area contributed by atoms with E-state index in [0.717, 1.165) is 25.0 Å². The molecule has 2 saturated carbocycles. The first-order chi connectivity index (χ1) is 8.26. The number of hydrogen-bond acceptors (Lipinski definition) is 3. The van der Waals surface area contributed by atoms with Crippen molar-refractivity contribution < 1.29 is 4.74 Å². The summed E-state index contributed by atoms with van der Waals surface area (Å²) in [5.41, 5.74) is 6.27. The number of nitrogens with two attached hydrogens (primary N) is 1. The normalized spacial score (nSPS) is 24.0. The average molecular weight is 240 g/mol. The molecule has 2 N–H and O–H groups in total. The van der Waals surface area contributed by atoms with Gasteiger partial charge in [-0.05, 0) is 50.5 Å². The Kier molecular flexibility index (Phi) is 4.45. The van der Waals surface area contributed by atoms with Crippen LogP contribution in [0.1, 0.15) is 39.0 Å². The zero-order valence-electron chi connectivity index (χ0n) is 11.5. The van der Waals surface area contributed by atoms with Crippen LogP contribution in [0.5, 0.6) is 0 Å². The van der Waals surface area contributed by atoms with Gasteiger partial charge in [0.25, 0.3) is 0 Å². The first-order valence-electron chi connectivity index (χ1n) is 7.21. The van der Waals surface area contributed by atoms with Crippen LogP contribution in [0.4, 0.5) is 0 Å². The summed E-state index contributed by atoms with van der Waals surface area (Å²) in [5.74, 6) is 1.71. The van der Waals surface area contributed by atoms with Crippen LogP contribution in [0, 0.1) is 11.8 Å². The summed E-state index contributed by atoms with van der Waals surface area (Å²) in [4.78, 5) is 2.66. The van der Waals surface area contributed by atoms with Crippen molar-refractivity contribution in [2.24, 2.45) is 17.6 Å². The second kappa shape index (κ2) is 5.68. The minimum absolute atomic E-state index is 0.132. The van der Waals surface area contributed by atoms with Crippen molar-refractivity contribution in [1.29, 1.82) is 0 Å². The van der Waals surface area contributed by atoms with Crippen molar-refractivity contribution in [2.45, 2.75) is 44.6 Å². The maximum absolute atomic E-state index is 6.14. The summed E-state index contributed by atoms with van der Waals surface area (Å²) in [5, 5.41) is 0. The highest BCUT2D eigenvalue weighted by molar-refractivity contribution is 5.04. The van der Waals surface area contributed by atoms with Crippen LogP contribution in [0.25, 0.3) is 0 Å². The molecule has 17 heavy (non-hydrogen) atoms. The Morgan fingerprint density at radius 2 is 2.00 bits per heavy atom. The van der Waals surface area contributed by atoms with E-state index in [1.54, 1.807) is 0 Å². The van der Waals surface area contributed by atoms with E-state index in [1.165, 1.54) is 45.2 Å². The zero-order valence-corrected chi connectivity index (χ0v) is 11.5. The van der Waals surface area contributed by atoms with Crippen LogP contribution in [0.15, 0.2) is 0 Å². The van der Waals surface area contributed by atoms with E-state index >= 15 is 0 Å². The number of rotatable bonds is 9. The van der Waals surface area contributed by atoms with Crippen molar-refractivity contribution in [2.75, 3.05) is 33.4 Å². The van der Waals surface area contributed by atoms with Crippen molar-refractivity contribution in [3.8, 4) is 0 Å². The SMILES string of the molecule is CCCN(CC1CC1)C(CN)(COC)C1CC1. The monoisotopic (exact) mass is 240 g/mol. The molecule has 0 aromatic heterocycles. The van der Waals surface area contributed by atoms with E-state index < -0.39 is 0 Å². The summed E-state index contributed by atoms with van der Waals surface area (Å²) in [6, 6.07) is 0. The third-order valence-electron chi connectivity index (χ3n) is 4.38. The molecule has 2 rings (SSSR count). The molecule has 1 unspecified atom stereocenters. The van der Waals surface area contributed by atoms with Crippen LogP contribution < -0.4 is 5.73 Å². The first kappa shape index (κ1) is 13.3. The minimum atomic E-state index is 0.132. The Bertz CT molecular complexity index is 238. The molecule has 3 heteroatoms. The minimum Gasteiger partial charge on any atom is -0.383 e. The zero-order chi connectivity index (χ0) is 12.3. The molecular weight excluding hydrogens is 212 g/mol. The predicted molar refractivity (Wildman–Crippen MR) is 71.0 cm³/mol.